The molecule has 4 nitrogen and oxygen atoms in total. The zero-order valence-electron chi connectivity index (χ0n) is 10.6. The third-order valence-corrected chi connectivity index (χ3v) is 3.65. The number of aliphatic hydroxyl groups excluding tert-OH is 1. The number of anilines is 1. The van der Waals surface area contributed by atoms with Crippen molar-refractivity contribution in [3.63, 3.8) is 0 Å². The fourth-order valence-corrected chi connectivity index (χ4v) is 2.42. The van der Waals surface area contributed by atoms with E-state index in [1.165, 1.54) is 4.90 Å². The Balaban J connectivity index is 2.32. The second-order valence-corrected chi connectivity index (χ2v) is 4.87. The van der Waals surface area contributed by atoms with Crippen molar-refractivity contribution < 1.29 is 18.7 Å². The average molecular weight is 270 g/mol. The summed E-state index contributed by atoms with van der Waals surface area (Å²) in [6, 6.07) is 1.28. The Kier molecular flexibility index (Phi) is 3.71. The van der Waals surface area contributed by atoms with E-state index in [0.29, 0.717) is 12.6 Å². The van der Waals surface area contributed by atoms with Gasteiger partial charge in [0.1, 0.15) is 11.6 Å². The van der Waals surface area contributed by atoms with Gasteiger partial charge in [0.2, 0.25) is 0 Å². The van der Waals surface area contributed by atoms with Gasteiger partial charge in [-0.15, -0.1) is 0 Å². The number of nitrogens with two attached hydrogens (primary N) is 1. The van der Waals surface area contributed by atoms with Gasteiger partial charge in [-0.2, -0.15) is 0 Å². The highest BCUT2D eigenvalue weighted by Crippen LogP contribution is 2.27. The maximum atomic E-state index is 13.7. The normalized spacial score (nSPS) is 22.8. The predicted octanol–water partition coefficient (Wildman–Crippen LogP) is 1.39. The number of halogens is 2. The lowest BCUT2D eigenvalue weighted by Gasteiger charge is -2.25. The lowest BCUT2D eigenvalue weighted by Crippen LogP contribution is -2.40. The first-order valence-electron chi connectivity index (χ1n) is 6.12. The topological polar surface area (TPSA) is 66.6 Å². The van der Waals surface area contributed by atoms with Gasteiger partial charge in [0.15, 0.2) is 0 Å². The van der Waals surface area contributed by atoms with Crippen LogP contribution in [0.3, 0.4) is 0 Å². The van der Waals surface area contributed by atoms with Crippen LogP contribution < -0.4 is 5.73 Å². The smallest absolute Gasteiger partial charge is 0.257 e. The molecule has 1 heterocycles. The van der Waals surface area contributed by atoms with E-state index in [4.69, 9.17) is 5.73 Å². The van der Waals surface area contributed by atoms with E-state index in [9.17, 15) is 18.7 Å². The van der Waals surface area contributed by atoms with Gasteiger partial charge in [-0.1, -0.05) is 6.92 Å². The minimum absolute atomic E-state index is 0.148. The van der Waals surface area contributed by atoms with Gasteiger partial charge in [0.25, 0.3) is 5.91 Å². The van der Waals surface area contributed by atoms with Gasteiger partial charge in [-0.25, -0.2) is 8.78 Å². The van der Waals surface area contributed by atoms with Crippen LogP contribution in [0.25, 0.3) is 0 Å². The van der Waals surface area contributed by atoms with Gasteiger partial charge in [0.05, 0.1) is 23.9 Å². The Morgan fingerprint density at radius 2 is 2.16 bits per heavy atom. The minimum Gasteiger partial charge on any atom is -0.396 e. The lowest BCUT2D eigenvalue weighted by atomic mass is 10.0. The summed E-state index contributed by atoms with van der Waals surface area (Å²) in [6.45, 7) is 2.19. The van der Waals surface area contributed by atoms with E-state index in [1.54, 1.807) is 0 Å². The molecule has 1 aromatic rings. The number of hydrogen-bond acceptors (Lipinski definition) is 3. The SMILES string of the molecule is CC1CCN(C(=O)c2cc(N)c(F)cc2F)C1CO. The number of carbonyl (C=O) groups is 1. The van der Waals surface area contributed by atoms with Crippen LogP contribution in [0.2, 0.25) is 0 Å². The van der Waals surface area contributed by atoms with Crippen molar-refractivity contribution in [2.24, 2.45) is 5.92 Å². The summed E-state index contributed by atoms with van der Waals surface area (Å²) in [5.74, 6) is -2.24. The van der Waals surface area contributed by atoms with E-state index >= 15 is 0 Å². The zero-order valence-corrected chi connectivity index (χ0v) is 10.6. The Labute approximate surface area is 109 Å². The molecule has 1 aliphatic heterocycles. The van der Waals surface area contributed by atoms with E-state index < -0.39 is 17.5 Å². The van der Waals surface area contributed by atoms with E-state index in [0.717, 1.165) is 12.5 Å². The summed E-state index contributed by atoms with van der Waals surface area (Å²) in [7, 11) is 0. The molecule has 2 rings (SSSR count). The van der Waals surface area contributed by atoms with Crippen LogP contribution in [0.5, 0.6) is 0 Å². The standard InChI is InChI=1S/C13H16F2N2O2/c1-7-2-3-17(12(7)6-18)13(19)8-4-11(16)10(15)5-9(8)14/h4-5,7,12,18H,2-3,6,16H2,1H3. The minimum atomic E-state index is -0.937. The Hall–Kier alpha value is -1.69. The molecule has 1 aliphatic rings. The van der Waals surface area contributed by atoms with Gasteiger partial charge in [-0.05, 0) is 18.4 Å². The molecule has 0 aliphatic carbocycles. The molecule has 2 unspecified atom stereocenters. The summed E-state index contributed by atoms with van der Waals surface area (Å²) in [5.41, 5.74) is 4.83. The molecule has 0 radical (unpaired) electrons. The highest BCUT2D eigenvalue weighted by molar-refractivity contribution is 5.95. The molecule has 0 saturated carbocycles. The first kappa shape index (κ1) is 13.7. The highest BCUT2D eigenvalue weighted by atomic mass is 19.1. The van der Waals surface area contributed by atoms with Gasteiger partial charge >= 0.3 is 0 Å². The second-order valence-electron chi connectivity index (χ2n) is 4.87. The summed E-state index contributed by atoms with van der Waals surface area (Å²) in [5, 5.41) is 9.30. The number of carbonyl (C=O) groups excluding carboxylic acids is 1. The molecular formula is C13H16F2N2O2. The van der Waals surface area contributed by atoms with E-state index in [2.05, 4.69) is 0 Å². The van der Waals surface area contributed by atoms with Crippen LogP contribution in [-0.2, 0) is 0 Å². The zero-order chi connectivity index (χ0) is 14.2. The quantitative estimate of drug-likeness (QED) is 0.798. The second kappa shape index (κ2) is 5.13. The molecule has 0 spiro atoms. The van der Waals surface area contributed by atoms with Crippen molar-refractivity contribution in [2.75, 3.05) is 18.9 Å². The first-order chi connectivity index (χ1) is 8.95. The Morgan fingerprint density at radius 1 is 1.47 bits per heavy atom. The molecule has 1 fully saturated rings. The van der Waals surface area contributed by atoms with E-state index in [-0.39, 0.29) is 29.8 Å². The van der Waals surface area contributed by atoms with Crippen molar-refractivity contribution in [2.45, 2.75) is 19.4 Å². The molecule has 19 heavy (non-hydrogen) atoms. The molecular weight excluding hydrogens is 254 g/mol. The van der Waals surface area contributed by atoms with Gasteiger partial charge in [0, 0.05) is 12.6 Å². The number of amides is 1. The maximum Gasteiger partial charge on any atom is 0.257 e. The average Bonchev–Trinajstić information content (AvgIpc) is 2.74. The van der Waals surface area contributed by atoms with Crippen LogP contribution in [0, 0.1) is 17.6 Å². The van der Waals surface area contributed by atoms with Gasteiger partial charge in [-0.3, -0.25) is 4.79 Å². The van der Waals surface area contributed by atoms with Crippen LogP contribution >= 0.6 is 0 Å². The third-order valence-electron chi connectivity index (χ3n) is 3.65. The molecule has 1 saturated heterocycles. The molecule has 1 aromatic carbocycles. The highest BCUT2D eigenvalue weighted by Gasteiger charge is 2.35. The number of nitrogens with zero attached hydrogens (tertiary/aromatic N) is 1. The third kappa shape index (κ3) is 2.40. The molecule has 6 heteroatoms. The number of benzene rings is 1. The van der Waals surface area contributed by atoms with Crippen molar-refractivity contribution >= 4 is 11.6 Å². The van der Waals surface area contributed by atoms with Gasteiger partial charge < -0.3 is 15.7 Å². The molecule has 3 N–H and O–H groups in total. The Bertz CT molecular complexity index is 508. The van der Waals surface area contributed by atoms with Crippen LogP contribution in [0.4, 0.5) is 14.5 Å². The van der Waals surface area contributed by atoms with Crippen LogP contribution in [0.15, 0.2) is 12.1 Å². The largest absolute Gasteiger partial charge is 0.396 e. The fourth-order valence-electron chi connectivity index (χ4n) is 2.42. The van der Waals surface area contributed by atoms with Crippen molar-refractivity contribution in [3.05, 3.63) is 29.3 Å². The molecule has 2 atom stereocenters. The van der Waals surface area contributed by atoms with Crippen molar-refractivity contribution in [1.82, 2.24) is 4.90 Å². The summed E-state index contributed by atoms with van der Waals surface area (Å²) in [6.07, 6.45) is 0.745. The first-order valence-corrected chi connectivity index (χ1v) is 6.12. The summed E-state index contributed by atoms with van der Waals surface area (Å²) < 4.78 is 26.7. The number of hydrogen-bond donors (Lipinski definition) is 2. The van der Waals surface area contributed by atoms with Crippen LogP contribution in [0.1, 0.15) is 23.7 Å². The number of nitrogen functional groups attached to an aromatic ring is 1. The number of likely N-dealkylation sites (tertiary alicyclic amines) is 1. The number of aliphatic hydroxyl groups is 1. The lowest BCUT2D eigenvalue weighted by molar-refractivity contribution is 0.0643. The van der Waals surface area contributed by atoms with Crippen molar-refractivity contribution in [3.8, 4) is 0 Å². The van der Waals surface area contributed by atoms with Crippen LogP contribution in [-0.4, -0.2) is 35.1 Å². The Morgan fingerprint density at radius 3 is 2.79 bits per heavy atom. The summed E-state index contributed by atoms with van der Waals surface area (Å²) in [4.78, 5) is 13.7. The molecule has 0 aromatic heterocycles. The summed E-state index contributed by atoms with van der Waals surface area (Å²) >= 11 is 0. The maximum absolute atomic E-state index is 13.7. The van der Waals surface area contributed by atoms with E-state index in [1.807, 2.05) is 6.92 Å². The molecule has 0 bridgehead atoms. The number of rotatable bonds is 2. The predicted molar refractivity (Wildman–Crippen MR) is 66.5 cm³/mol. The molecule has 1 amide bonds. The molecule has 104 valence electrons. The fraction of sp³-hybridized carbons (Fsp3) is 0.462. The van der Waals surface area contributed by atoms with Crippen molar-refractivity contribution in [1.29, 1.82) is 0 Å². The monoisotopic (exact) mass is 270 g/mol.